The van der Waals surface area contributed by atoms with Crippen molar-refractivity contribution in [3.05, 3.63) is 0 Å². The van der Waals surface area contributed by atoms with Crippen LogP contribution >= 0.6 is 12.4 Å². The monoisotopic (exact) mass is 163 g/mol. The highest BCUT2D eigenvalue weighted by molar-refractivity contribution is 5.85. The molecule has 0 aromatic carbocycles. The van der Waals surface area contributed by atoms with Crippen LogP contribution < -0.4 is 0 Å². The molecule has 0 aromatic rings. The summed E-state index contributed by atoms with van der Waals surface area (Å²) in [7, 11) is 0. The second-order valence-electron chi connectivity index (χ2n) is 1.62. The molecule has 0 saturated heterocycles. The molecule has 0 aliphatic rings. The summed E-state index contributed by atoms with van der Waals surface area (Å²) < 4.78 is 0. The average molecular weight is 164 g/mol. The van der Waals surface area contributed by atoms with Crippen LogP contribution in [0.25, 0.3) is 0 Å². The number of halogens is 1. The first-order valence-electron chi connectivity index (χ1n) is 3.07. The summed E-state index contributed by atoms with van der Waals surface area (Å²) in [5.74, 6) is 0. The van der Waals surface area contributed by atoms with Gasteiger partial charge in [-0.3, -0.25) is 0 Å². The highest BCUT2D eigenvalue weighted by atomic mass is 35.5. The van der Waals surface area contributed by atoms with Gasteiger partial charge in [0.1, 0.15) is 0 Å². The largest absolute Gasteiger partial charge is 0.316 e. The number of hydrogen-bond donors (Lipinski definition) is 0. The van der Waals surface area contributed by atoms with Gasteiger partial charge in [0.15, 0.2) is 0 Å². The molecule has 56 valence electrons. The standard InChI is InChI=1S/C6H15N.ClH.Mg.2H/c1-4-7(5-2)6-3;;;;/h4-6H2,1-3H3;1H;;;. The first-order chi connectivity index (χ1) is 3.35. The summed E-state index contributed by atoms with van der Waals surface area (Å²) in [6, 6.07) is 0. The van der Waals surface area contributed by atoms with Gasteiger partial charge in [0.05, 0.1) is 0 Å². The fourth-order valence-corrected chi connectivity index (χ4v) is 0.671. The van der Waals surface area contributed by atoms with Crippen LogP contribution in [-0.4, -0.2) is 47.6 Å². The highest BCUT2D eigenvalue weighted by Gasteiger charge is 1.89. The predicted molar refractivity (Wildman–Crippen MR) is 49.3 cm³/mol. The summed E-state index contributed by atoms with van der Waals surface area (Å²) >= 11 is 0. The van der Waals surface area contributed by atoms with Gasteiger partial charge < -0.3 is 4.90 Å². The van der Waals surface area contributed by atoms with Gasteiger partial charge in [0.2, 0.25) is 0 Å². The molecule has 0 aromatic heterocycles. The third-order valence-electron chi connectivity index (χ3n) is 1.34. The van der Waals surface area contributed by atoms with Gasteiger partial charge in [-0.05, 0) is 19.6 Å². The van der Waals surface area contributed by atoms with Gasteiger partial charge in [-0.25, -0.2) is 0 Å². The van der Waals surface area contributed by atoms with Crippen LogP contribution in [0.2, 0.25) is 0 Å². The second-order valence-corrected chi connectivity index (χ2v) is 1.62. The van der Waals surface area contributed by atoms with E-state index >= 15 is 0 Å². The van der Waals surface area contributed by atoms with Crippen LogP contribution in [0.3, 0.4) is 0 Å². The molecular formula is C6H18ClMgN. The second kappa shape index (κ2) is 11.8. The van der Waals surface area contributed by atoms with Gasteiger partial charge in [0.25, 0.3) is 0 Å². The van der Waals surface area contributed by atoms with Gasteiger partial charge >= 0.3 is 23.1 Å². The molecule has 0 unspecified atom stereocenters. The third kappa shape index (κ3) is 9.02. The zero-order valence-corrected chi connectivity index (χ0v) is 6.79. The van der Waals surface area contributed by atoms with Crippen molar-refractivity contribution in [2.24, 2.45) is 0 Å². The molecule has 0 fully saturated rings. The van der Waals surface area contributed by atoms with E-state index in [1.807, 2.05) is 0 Å². The molecule has 0 spiro atoms. The lowest BCUT2D eigenvalue weighted by Gasteiger charge is -2.13. The SMILES string of the molecule is CCN(CC)CC.Cl.[MgH2]. The van der Waals surface area contributed by atoms with E-state index in [0.29, 0.717) is 0 Å². The molecule has 0 aliphatic carbocycles. The predicted octanol–water partition coefficient (Wildman–Crippen LogP) is 0.854. The van der Waals surface area contributed by atoms with Crippen molar-refractivity contribution in [1.82, 2.24) is 4.90 Å². The summed E-state index contributed by atoms with van der Waals surface area (Å²) in [6.07, 6.45) is 0. The maximum Gasteiger partial charge on any atom is 0.316 e. The Morgan fingerprint density at radius 1 is 0.889 bits per heavy atom. The van der Waals surface area contributed by atoms with E-state index in [2.05, 4.69) is 25.7 Å². The molecule has 0 atom stereocenters. The molecule has 0 bridgehead atoms. The van der Waals surface area contributed by atoms with Crippen LogP contribution in [0, 0.1) is 0 Å². The van der Waals surface area contributed by atoms with Gasteiger partial charge in [0, 0.05) is 0 Å². The lowest BCUT2D eigenvalue weighted by Crippen LogP contribution is -2.21. The zero-order chi connectivity index (χ0) is 5.70. The van der Waals surface area contributed by atoms with Gasteiger partial charge in [-0.1, -0.05) is 20.8 Å². The lowest BCUT2D eigenvalue weighted by molar-refractivity contribution is 0.321. The summed E-state index contributed by atoms with van der Waals surface area (Å²) in [4.78, 5) is 2.38. The van der Waals surface area contributed by atoms with Crippen molar-refractivity contribution in [3.63, 3.8) is 0 Å². The molecule has 9 heavy (non-hydrogen) atoms. The van der Waals surface area contributed by atoms with Crippen molar-refractivity contribution in [3.8, 4) is 0 Å². The molecule has 3 heteroatoms. The van der Waals surface area contributed by atoms with Crippen molar-refractivity contribution in [2.45, 2.75) is 20.8 Å². The molecule has 0 radical (unpaired) electrons. The van der Waals surface area contributed by atoms with Crippen LogP contribution in [-0.2, 0) is 0 Å². The number of nitrogens with zero attached hydrogens (tertiary/aromatic N) is 1. The van der Waals surface area contributed by atoms with Gasteiger partial charge in [-0.15, -0.1) is 12.4 Å². The molecule has 0 N–H and O–H groups in total. The summed E-state index contributed by atoms with van der Waals surface area (Å²) in [6.45, 7) is 10.1. The molecule has 0 aliphatic heterocycles. The minimum absolute atomic E-state index is 0. The topological polar surface area (TPSA) is 3.24 Å². The van der Waals surface area contributed by atoms with E-state index < -0.39 is 0 Å². The Kier molecular flexibility index (Phi) is 21.6. The first kappa shape index (κ1) is 16.5. The maximum atomic E-state index is 2.38. The van der Waals surface area contributed by atoms with E-state index in [4.69, 9.17) is 0 Å². The minimum atomic E-state index is 0. The smallest absolute Gasteiger partial charge is 0.304 e. The first-order valence-corrected chi connectivity index (χ1v) is 3.07. The summed E-state index contributed by atoms with van der Waals surface area (Å²) in [5, 5.41) is 0. The van der Waals surface area contributed by atoms with Crippen molar-refractivity contribution in [1.29, 1.82) is 0 Å². The van der Waals surface area contributed by atoms with Crippen molar-refractivity contribution >= 4 is 35.5 Å². The Hall–Kier alpha value is 1.02. The zero-order valence-electron chi connectivity index (χ0n) is 5.98. The van der Waals surface area contributed by atoms with Gasteiger partial charge in [-0.2, -0.15) is 0 Å². The summed E-state index contributed by atoms with van der Waals surface area (Å²) in [5.41, 5.74) is 0. The molecule has 1 nitrogen and oxygen atoms in total. The van der Waals surface area contributed by atoms with E-state index in [9.17, 15) is 0 Å². The fourth-order valence-electron chi connectivity index (χ4n) is 0.671. The van der Waals surface area contributed by atoms with E-state index in [1.54, 1.807) is 0 Å². The average Bonchev–Trinajstić information content (AvgIpc) is 1.72. The third-order valence-corrected chi connectivity index (χ3v) is 1.34. The van der Waals surface area contributed by atoms with E-state index in [1.165, 1.54) is 19.6 Å². The number of hydrogen-bond acceptors (Lipinski definition) is 1. The minimum Gasteiger partial charge on any atom is -0.304 e. The Balaban J connectivity index is -0.000000180. The van der Waals surface area contributed by atoms with Crippen LogP contribution in [0.1, 0.15) is 20.8 Å². The van der Waals surface area contributed by atoms with Crippen molar-refractivity contribution < 1.29 is 0 Å². The normalized spacial score (nSPS) is 8.00. The molecule has 0 saturated carbocycles. The number of rotatable bonds is 3. The lowest BCUT2D eigenvalue weighted by atomic mass is 10.5. The fraction of sp³-hybridized carbons (Fsp3) is 1.00. The Labute approximate surface area is 80.7 Å². The highest BCUT2D eigenvalue weighted by Crippen LogP contribution is 1.81. The molecule has 0 rings (SSSR count). The van der Waals surface area contributed by atoms with Crippen LogP contribution in [0.4, 0.5) is 0 Å². The molecular weight excluding hydrogens is 146 g/mol. The Morgan fingerprint density at radius 3 is 1.11 bits per heavy atom. The maximum absolute atomic E-state index is 2.38. The Bertz CT molecular complexity index is 34.5. The van der Waals surface area contributed by atoms with Crippen LogP contribution in [0.15, 0.2) is 0 Å². The van der Waals surface area contributed by atoms with E-state index in [-0.39, 0.29) is 35.5 Å². The quantitative estimate of drug-likeness (QED) is 0.559. The van der Waals surface area contributed by atoms with Crippen molar-refractivity contribution in [2.75, 3.05) is 19.6 Å². The van der Waals surface area contributed by atoms with E-state index in [0.717, 1.165) is 0 Å². The molecule has 0 heterocycles. The Morgan fingerprint density at radius 2 is 1.11 bits per heavy atom. The van der Waals surface area contributed by atoms with Crippen LogP contribution in [0.5, 0.6) is 0 Å². The molecule has 0 amide bonds.